The zero-order valence-electron chi connectivity index (χ0n) is 10.8. The Balaban J connectivity index is 1.69. The molecule has 21 heavy (non-hydrogen) atoms. The van der Waals surface area contributed by atoms with Crippen molar-refractivity contribution in [1.29, 1.82) is 0 Å². The van der Waals surface area contributed by atoms with Gasteiger partial charge in [0.15, 0.2) is 5.65 Å². The highest BCUT2D eigenvalue weighted by molar-refractivity contribution is 7.20. The highest BCUT2D eigenvalue weighted by Crippen LogP contribution is 2.32. The Morgan fingerprint density at radius 2 is 2.19 bits per heavy atom. The number of hydrogen-bond donors (Lipinski definition) is 1. The minimum absolute atomic E-state index is 0.117. The Morgan fingerprint density at radius 1 is 1.24 bits per heavy atom. The van der Waals surface area contributed by atoms with Gasteiger partial charge in [-0.05, 0) is 30.3 Å². The van der Waals surface area contributed by atoms with Gasteiger partial charge in [-0.2, -0.15) is 4.98 Å². The molecule has 0 saturated carbocycles. The van der Waals surface area contributed by atoms with Crippen LogP contribution in [0.1, 0.15) is 5.76 Å². The summed E-state index contributed by atoms with van der Waals surface area (Å²) in [6.45, 7) is -0.117. The Hall–Kier alpha value is -2.44. The maximum Gasteiger partial charge on any atom is 0.281 e. The molecule has 4 aromatic rings. The van der Waals surface area contributed by atoms with E-state index in [-0.39, 0.29) is 6.61 Å². The number of pyridine rings is 1. The van der Waals surface area contributed by atoms with E-state index in [0.717, 1.165) is 10.1 Å². The third kappa shape index (κ3) is 2.24. The largest absolute Gasteiger partial charge is 0.458 e. The number of fused-ring (bicyclic) bond motifs is 2. The number of hydrogen-bond acceptors (Lipinski definition) is 6. The standard InChI is InChI=1S/C15H10N2O3S/c18-8-11-6-9-3-4-10(7-12(9)19-11)20-15-17-14-13(21-15)2-1-5-16-14/h1-7,18H,8H2. The second-order valence-corrected chi connectivity index (χ2v) is 5.47. The summed E-state index contributed by atoms with van der Waals surface area (Å²) in [5.41, 5.74) is 1.36. The fourth-order valence-corrected chi connectivity index (χ4v) is 2.90. The average molecular weight is 298 g/mol. The Kier molecular flexibility index (Phi) is 2.83. The van der Waals surface area contributed by atoms with Crippen molar-refractivity contribution in [2.45, 2.75) is 6.61 Å². The molecule has 5 nitrogen and oxygen atoms in total. The smallest absolute Gasteiger partial charge is 0.281 e. The molecule has 0 amide bonds. The molecule has 1 N–H and O–H groups in total. The van der Waals surface area contributed by atoms with E-state index >= 15 is 0 Å². The molecule has 0 aliphatic rings. The summed E-state index contributed by atoms with van der Waals surface area (Å²) in [5.74, 6) is 1.17. The van der Waals surface area contributed by atoms with Gasteiger partial charge in [0.2, 0.25) is 0 Å². The summed E-state index contributed by atoms with van der Waals surface area (Å²) in [5, 5.41) is 10.6. The predicted molar refractivity (Wildman–Crippen MR) is 79.6 cm³/mol. The minimum Gasteiger partial charge on any atom is -0.458 e. The number of aromatic nitrogens is 2. The summed E-state index contributed by atoms with van der Waals surface area (Å²) in [7, 11) is 0. The number of aliphatic hydroxyl groups is 1. The summed E-state index contributed by atoms with van der Waals surface area (Å²) >= 11 is 1.44. The Morgan fingerprint density at radius 3 is 3.05 bits per heavy atom. The molecule has 3 aromatic heterocycles. The lowest BCUT2D eigenvalue weighted by molar-refractivity contribution is 0.251. The molecular weight excluding hydrogens is 288 g/mol. The molecule has 6 heteroatoms. The zero-order valence-corrected chi connectivity index (χ0v) is 11.6. The first kappa shape index (κ1) is 12.3. The van der Waals surface area contributed by atoms with Crippen LogP contribution in [0.5, 0.6) is 10.9 Å². The molecule has 0 saturated heterocycles. The van der Waals surface area contributed by atoms with Gasteiger partial charge >= 0.3 is 0 Å². The second-order valence-electron chi connectivity index (χ2n) is 4.48. The van der Waals surface area contributed by atoms with Gasteiger partial charge in [-0.3, -0.25) is 0 Å². The van der Waals surface area contributed by atoms with Gasteiger partial charge in [-0.25, -0.2) is 4.98 Å². The van der Waals surface area contributed by atoms with Crippen LogP contribution in [0.4, 0.5) is 0 Å². The predicted octanol–water partition coefficient (Wildman–Crippen LogP) is 3.72. The summed E-state index contributed by atoms with van der Waals surface area (Å²) < 4.78 is 12.2. The molecule has 3 heterocycles. The van der Waals surface area contributed by atoms with Crippen molar-refractivity contribution >= 4 is 32.7 Å². The number of benzene rings is 1. The third-order valence-corrected chi connectivity index (χ3v) is 3.94. The van der Waals surface area contributed by atoms with E-state index in [1.807, 2.05) is 24.3 Å². The number of ether oxygens (including phenoxy) is 1. The van der Waals surface area contributed by atoms with Crippen molar-refractivity contribution in [3.8, 4) is 10.9 Å². The lowest BCUT2D eigenvalue weighted by Crippen LogP contribution is -1.82. The Labute approximate surface area is 123 Å². The Bertz CT molecular complexity index is 896. The van der Waals surface area contributed by atoms with Gasteiger partial charge in [0.1, 0.15) is 23.7 Å². The molecule has 0 atom stereocenters. The molecule has 0 radical (unpaired) electrons. The highest BCUT2D eigenvalue weighted by atomic mass is 32.1. The fourth-order valence-electron chi connectivity index (χ4n) is 2.10. The van der Waals surface area contributed by atoms with Crippen molar-refractivity contribution < 1.29 is 14.3 Å². The van der Waals surface area contributed by atoms with Crippen LogP contribution in [0.25, 0.3) is 21.3 Å². The van der Waals surface area contributed by atoms with Crippen molar-refractivity contribution in [2.24, 2.45) is 0 Å². The van der Waals surface area contributed by atoms with Crippen LogP contribution in [-0.2, 0) is 6.61 Å². The number of furan rings is 1. The zero-order chi connectivity index (χ0) is 14.2. The average Bonchev–Trinajstić information content (AvgIpc) is 3.09. The monoisotopic (exact) mass is 298 g/mol. The van der Waals surface area contributed by atoms with Gasteiger partial charge in [0.05, 0.1) is 4.70 Å². The number of thiazole rings is 1. The van der Waals surface area contributed by atoms with Crippen LogP contribution in [0.2, 0.25) is 0 Å². The normalized spacial score (nSPS) is 11.3. The number of nitrogens with zero attached hydrogens (tertiary/aromatic N) is 2. The lowest BCUT2D eigenvalue weighted by Gasteiger charge is -2.00. The summed E-state index contributed by atoms with van der Waals surface area (Å²) in [4.78, 5) is 8.50. The lowest BCUT2D eigenvalue weighted by atomic mass is 10.2. The molecule has 4 rings (SSSR count). The maximum atomic E-state index is 9.08. The van der Waals surface area contributed by atoms with E-state index in [2.05, 4.69) is 9.97 Å². The number of aliphatic hydroxyl groups excluding tert-OH is 1. The van der Waals surface area contributed by atoms with Gasteiger partial charge < -0.3 is 14.3 Å². The molecule has 0 aliphatic heterocycles. The SMILES string of the molecule is OCc1cc2ccc(Oc3nc4ncccc4s3)cc2o1. The first-order valence-electron chi connectivity index (χ1n) is 6.34. The molecule has 0 aliphatic carbocycles. The topological polar surface area (TPSA) is 68.4 Å². The molecule has 0 spiro atoms. The summed E-state index contributed by atoms with van der Waals surface area (Å²) in [6, 6.07) is 11.2. The van der Waals surface area contributed by atoms with E-state index in [1.165, 1.54) is 11.3 Å². The molecule has 0 bridgehead atoms. The van der Waals surface area contributed by atoms with Crippen LogP contribution in [0, 0.1) is 0 Å². The van der Waals surface area contributed by atoms with Crippen LogP contribution in [0.3, 0.4) is 0 Å². The van der Waals surface area contributed by atoms with Crippen LogP contribution >= 0.6 is 11.3 Å². The minimum atomic E-state index is -0.117. The van der Waals surface area contributed by atoms with Crippen molar-refractivity contribution in [1.82, 2.24) is 9.97 Å². The van der Waals surface area contributed by atoms with Crippen LogP contribution < -0.4 is 4.74 Å². The van der Waals surface area contributed by atoms with E-state index in [0.29, 0.717) is 27.9 Å². The van der Waals surface area contributed by atoms with E-state index < -0.39 is 0 Å². The fraction of sp³-hybridized carbons (Fsp3) is 0.0667. The maximum absolute atomic E-state index is 9.08. The molecule has 1 aromatic carbocycles. The number of rotatable bonds is 3. The highest BCUT2D eigenvalue weighted by Gasteiger charge is 2.09. The van der Waals surface area contributed by atoms with Gasteiger partial charge in [-0.15, -0.1) is 0 Å². The molecule has 0 fully saturated rings. The van der Waals surface area contributed by atoms with Crippen molar-refractivity contribution in [3.63, 3.8) is 0 Å². The third-order valence-electron chi connectivity index (χ3n) is 3.05. The molecule has 0 unspecified atom stereocenters. The second kappa shape index (κ2) is 4.83. The van der Waals surface area contributed by atoms with Gasteiger partial charge in [-0.1, -0.05) is 11.3 Å². The van der Waals surface area contributed by atoms with Crippen molar-refractivity contribution in [3.05, 3.63) is 48.4 Å². The first-order chi connectivity index (χ1) is 10.3. The van der Waals surface area contributed by atoms with Gasteiger partial charge in [0.25, 0.3) is 5.19 Å². The molecule has 104 valence electrons. The summed E-state index contributed by atoms with van der Waals surface area (Å²) in [6.07, 6.45) is 1.71. The quantitative estimate of drug-likeness (QED) is 0.624. The first-order valence-corrected chi connectivity index (χ1v) is 7.16. The van der Waals surface area contributed by atoms with E-state index in [4.69, 9.17) is 14.3 Å². The van der Waals surface area contributed by atoms with Crippen LogP contribution in [-0.4, -0.2) is 15.1 Å². The molecular formula is C15H10N2O3S. The van der Waals surface area contributed by atoms with Crippen LogP contribution in [0.15, 0.2) is 47.0 Å². The van der Waals surface area contributed by atoms with E-state index in [1.54, 1.807) is 18.3 Å². The van der Waals surface area contributed by atoms with E-state index in [9.17, 15) is 0 Å². The van der Waals surface area contributed by atoms with Gasteiger partial charge in [0, 0.05) is 17.6 Å². The van der Waals surface area contributed by atoms with Crippen molar-refractivity contribution in [2.75, 3.05) is 0 Å².